The third-order valence-corrected chi connectivity index (χ3v) is 4.05. The van der Waals surface area contributed by atoms with Gasteiger partial charge >= 0.3 is 0 Å². The minimum Gasteiger partial charge on any atom is -0.374 e. The van der Waals surface area contributed by atoms with Gasteiger partial charge in [0.25, 0.3) is 0 Å². The molecule has 0 amide bonds. The highest BCUT2D eigenvalue weighted by molar-refractivity contribution is 5.18. The standard InChI is InChI=1S/C16H19F2NO2/c1-3-16(8-7-15(2,10-19)21-16)11-20-9-12-13(17)5-4-6-14(12)18/h4-6H,3,7-9,11H2,1-2H3. The lowest BCUT2D eigenvalue weighted by atomic mass is 9.96. The molecule has 2 rings (SSSR count). The molecule has 1 aromatic carbocycles. The molecule has 1 saturated heterocycles. The highest BCUT2D eigenvalue weighted by atomic mass is 19.1. The van der Waals surface area contributed by atoms with Crippen LogP contribution in [-0.2, 0) is 16.1 Å². The second kappa shape index (κ2) is 6.08. The second-order valence-corrected chi connectivity index (χ2v) is 5.67. The van der Waals surface area contributed by atoms with Crippen molar-refractivity contribution >= 4 is 0 Å². The molecule has 0 saturated carbocycles. The summed E-state index contributed by atoms with van der Waals surface area (Å²) >= 11 is 0. The van der Waals surface area contributed by atoms with Crippen molar-refractivity contribution in [1.29, 1.82) is 5.26 Å². The van der Waals surface area contributed by atoms with Crippen molar-refractivity contribution in [1.82, 2.24) is 0 Å². The molecule has 0 aliphatic carbocycles. The van der Waals surface area contributed by atoms with Crippen molar-refractivity contribution in [3.05, 3.63) is 35.4 Å². The number of hydrogen-bond donors (Lipinski definition) is 0. The molecule has 1 heterocycles. The van der Waals surface area contributed by atoms with Crippen LogP contribution < -0.4 is 0 Å². The Morgan fingerprint density at radius 2 is 2.00 bits per heavy atom. The van der Waals surface area contributed by atoms with E-state index >= 15 is 0 Å². The monoisotopic (exact) mass is 295 g/mol. The first-order valence-corrected chi connectivity index (χ1v) is 7.06. The summed E-state index contributed by atoms with van der Waals surface area (Å²) in [5.41, 5.74) is -1.43. The average molecular weight is 295 g/mol. The molecule has 1 fully saturated rings. The maximum absolute atomic E-state index is 13.5. The molecule has 0 spiro atoms. The van der Waals surface area contributed by atoms with Crippen LogP contribution in [0.25, 0.3) is 0 Å². The summed E-state index contributed by atoms with van der Waals surface area (Å²) in [4.78, 5) is 0. The molecule has 0 bridgehead atoms. The number of hydrogen-bond acceptors (Lipinski definition) is 3. The molecule has 2 unspecified atom stereocenters. The fraction of sp³-hybridized carbons (Fsp3) is 0.562. The lowest BCUT2D eigenvalue weighted by Crippen LogP contribution is -2.37. The molecule has 5 heteroatoms. The van der Waals surface area contributed by atoms with Gasteiger partial charge in [0.2, 0.25) is 0 Å². The number of benzene rings is 1. The van der Waals surface area contributed by atoms with Crippen LogP contribution in [0.1, 0.15) is 38.7 Å². The van der Waals surface area contributed by atoms with E-state index in [0.29, 0.717) is 19.3 Å². The van der Waals surface area contributed by atoms with Gasteiger partial charge in [-0.1, -0.05) is 13.0 Å². The van der Waals surface area contributed by atoms with E-state index in [4.69, 9.17) is 14.7 Å². The average Bonchev–Trinajstić information content (AvgIpc) is 2.81. The Morgan fingerprint density at radius 1 is 1.33 bits per heavy atom. The highest BCUT2D eigenvalue weighted by Crippen LogP contribution is 2.39. The Kier molecular flexibility index (Phi) is 4.60. The summed E-state index contributed by atoms with van der Waals surface area (Å²) in [6, 6.07) is 5.89. The van der Waals surface area contributed by atoms with Gasteiger partial charge in [-0.15, -0.1) is 0 Å². The van der Waals surface area contributed by atoms with Crippen LogP contribution >= 0.6 is 0 Å². The molecule has 114 valence electrons. The summed E-state index contributed by atoms with van der Waals surface area (Å²) < 4.78 is 38.4. The van der Waals surface area contributed by atoms with E-state index < -0.39 is 22.8 Å². The van der Waals surface area contributed by atoms with Gasteiger partial charge < -0.3 is 9.47 Å². The molecule has 0 radical (unpaired) electrons. The van der Waals surface area contributed by atoms with Gasteiger partial charge in [0.1, 0.15) is 11.6 Å². The maximum Gasteiger partial charge on any atom is 0.152 e. The van der Waals surface area contributed by atoms with E-state index in [-0.39, 0.29) is 18.8 Å². The number of halogens is 2. The minimum absolute atomic E-state index is 0.0789. The molecule has 1 aliphatic heterocycles. The van der Waals surface area contributed by atoms with Crippen LogP contribution in [0.3, 0.4) is 0 Å². The largest absolute Gasteiger partial charge is 0.374 e. The maximum atomic E-state index is 13.5. The molecule has 1 aromatic rings. The van der Waals surface area contributed by atoms with E-state index in [2.05, 4.69) is 6.07 Å². The highest BCUT2D eigenvalue weighted by Gasteiger charge is 2.46. The number of rotatable bonds is 5. The topological polar surface area (TPSA) is 42.2 Å². The Morgan fingerprint density at radius 3 is 2.52 bits per heavy atom. The van der Waals surface area contributed by atoms with Gasteiger partial charge in [0.05, 0.1) is 24.9 Å². The quantitative estimate of drug-likeness (QED) is 0.831. The summed E-state index contributed by atoms with van der Waals surface area (Å²) in [7, 11) is 0. The van der Waals surface area contributed by atoms with Crippen LogP contribution in [0.4, 0.5) is 8.78 Å². The van der Waals surface area contributed by atoms with Gasteiger partial charge in [-0.3, -0.25) is 0 Å². The van der Waals surface area contributed by atoms with Crippen molar-refractivity contribution in [2.24, 2.45) is 0 Å². The van der Waals surface area contributed by atoms with Gasteiger partial charge in [-0.05, 0) is 38.3 Å². The van der Waals surface area contributed by atoms with Crippen molar-refractivity contribution in [2.45, 2.75) is 50.9 Å². The summed E-state index contributed by atoms with van der Waals surface area (Å²) in [6.45, 7) is 3.78. The SMILES string of the molecule is CCC1(COCc2c(F)cccc2F)CCC(C)(C#N)O1. The zero-order valence-corrected chi connectivity index (χ0v) is 12.3. The van der Waals surface area contributed by atoms with E-state index in [0.717, 1.165) is 0 Å². The molecule has 0 aromatic heterocycles. The van der Waals surface area contributed by atoms with Crippen LogP contribution in [0.15, 0.2) is 18.2 Å². The van der Waals surface area contributed by atoms with Gasteiger partial charge in [0, 0.05) is 5.56 Å². The first kappa shape index (κ1) is 15.9. The molecular formula is C16H19F2NO2. The Bertz CT molecular complexity index is 537. The predicted octanol–water partition coefficient (Wildman–Crippen LogP) is 3.72. The van der Waals surface area contributed by atoms with Crippen molar-refractivity contribution < 1.29 is 18.3 Å². The van der Waals surface area contributed by atoms with E-state index in [1.807, 2.05) is 6.92 Å². The molecule has 2 atom stereocenters. The Hall–Kier alpha value is -1.51. The van der Waals surface area contributed by atoms with Crippen LogP contribution in [-0.4, -0.2) is 17.8 Å². The Labute approximate surface area is 123 Å². The molecule has 1 aliphatic rings. The summed E-state index contributed by atoms with van der Waals surface area (Å²) in [5.74, 6) is -1.23. The Balaban J connectivity index is 1.98. The van der Waals surface area contributed by atoms with Crippen LogP contribution in [0.5, 0.6) is 0 Å². The smallest absolute Gasteiger partial charge is 0.152 e. The van der Waals surface area contributed by atoms with Crippen molar-refractivity contribution in [3.63, 3.8) is 0 Å². The lowest BCUT2D eigenvalue weighted by molar-refractivity contribution is -0.114. The van der Waals surface area contributed by atoms with Crippen molar-refractivity contribution in [3.8, 4) is 6.07 Å². The first-order chi connectivity index (χ1) is 9.94. The molecule has 3 nitrogen and oxygen atoms in total. The third kappa shape index (κ3) is 3.39. The van der Waals surface area contributed by atoms with Gasteiger partial charge in [-0.25, -0.2) is 8.78 Å². The number of nitriles is 1. The number of nitrogens with zero attached hydrogens (tertiary/aromatic N) is 1. The normalized spacial score (nSPS) is 28.5. The fourth-order valence-electron chi connectivity index (χ4n) is 2.59. The van der Waals surface area contributed by atoms with Crippen molar-refractivity contribution in [2.75, 3.05) is 6.61 Å². The number of ether oxygens (including phenoxy) is 2. The molecule has 21 heavy (non-hydrogen) atoms. The summed E-state index contributed by atoms with van der Waals surface area (Å²) in [5, 5.41) is 9.11. The lowest BCUT2D eigenvalue weighted by Gasteiger charge is -2.29. The summed E-state index contributed by atoms with van der Waals surface area (Å²) in [6.07, 6.45) is 2.02. The van der Waals surface area contributed by atoms with Crippen LogP contribution in [0, 0.1) is 23.0 Å². The first-order valence-electron chi connectivity index (χ1n) is 7.06. The second-order valence-electron chi connectivity index (χ2n) is 5.67. The third-order valence-electron chi connectivity index (χ3n) is 4.05. The molecule has 0 N–H and O–H groups in total. The van der Waals surface area contributed by atoms with Crippen LogP contribution in [0.2, 0.25) is 0 Å². The van der Waals surface area contributed by atoms with Gasteiger partial charge in [0.15, 0.2) is 5.60 Å². The fourth-order valence-corrected chi connectivity index (χ4v) is 2.59. The zero-order chi connectivity index (χ0) is 15.5. The van der Waals surface area contributed by atoms with Gasteiger partial charge in [-0.2, -0.15) is 5.26 Å². The zero-order valence-electron chi connectivity index (χ0n) is 12.3. The predicted molar refractivity (Wildman–Crippen MR) is 73.4 cm³/mol. The minimum atomic E-state index is -0.803. The van der Waals surface area contributed by atoms with E-state index in [9.17, 15) is 8.78 Å². The van der Waals surface area contributed by atoms with E-state index in [1.165, 1.54) is 18.2 Å². The van der Waals surface area contributed by atoms with E-state index in [1.54, 1.807) is 6.92 Å². The molecular weight excluding hydrogens is 276 g/mol.